The highest BCUT2D eigenvalue weighted by atomic mass is 31.2. The van der Waals surface area contributed by atoms with E-state index in [1.165, 1.54) is 13.3 Å². The summed E-state index contributed by atoms with van der Waals surface area (Å²) in [5, 5.41) is 9.69. The van der Waals surface area contributed by atoms with E-state index in [4.69, 9.17) is 0 Å². The van der Waals surface area contributed by atoms with E-state index in [0.717, 1.165) is 0 Å². The van der Waals surface area contributed by atoms with Gasteiger partial charge in [-0.15, -0.1) is 0 Å². The molecule has 0 heterocycles. The van der Waals surface area contributed by atoms with E-state index in [1.807, 2.05) is 0 Å². The normalized spacial score (nSPS) is 11.8. The van der Waals surface area contributed by atoms with Crippen LogP contribution in [0.3, 0.4) is 0 Å². The molecule has 0 aromatic heterocycles. The summed E-state index contributed by atoms with van der Waals surface area (Å²) in [6.07, 6.45) is -0.424. The van der Waals surface area contributed by atoms with Gasteiger partial charge in [0.05, 0.1) is 0 Å². The van der Waals surface area contributed by atoms with Crippen LogP contribution in [0.5, 0.6) is 0 Å². The molecule has 0 rings (SSSR count). The molecule has 2 nitrogen and oxygen atoms in total. The molecule has 37 valence electrons. The molecule has 0 unspecified atom stereocenters. The fourth-order valence-corrected chi connectivity index (χ4v) is 0. The van der Waals surface area contributed by atoms with Crippen LogP contribution in [0.1, 0.15) is 0 Å². The minimum absolute atomic E-state index is 0.424. The van der Waals surface area contributed by atoms with Gasteiger partial charge in [-0.05, 0) is 13.3 Å². The van der Waals surface area contributed by atoms with Gasteiger partial charge in [0.1, 0.15) is 13.5 Å². The summed E-state index contributed by atoms with van der Waals surface area (Å²) in [7, 11) is -2.20. The van der Waals surface area contributed by atoms with Gasteiger partial charge in [0.2, 0.25) is 0 Å². The van der Waals surface area contributed by atoms with Gasteiger partial charge in [-0.1, -0.05) is 0 Å². The SMILES string of the molecule is CP(C)(=O)C[O]. The van der Waals surface area contributed by atoms with Crippen LogP contribution in [0.15, 0.2) is 0 Å². The lowest BCUT2D eigenvalue weighted by Crippen LogP contribution is -1.77. The smallest absolute Gasteiger partial charge is 0.135 e. The summed E-state index contributed by atoms with van der Waals surface area (Å²) in [5.41, 5.74) is 0. The molecule has 0 fully saturated rings. The van der Waals surface area contributed by atoms with Crippen molar-refractivity contribution in [3.8, 4) is 0 Å². The minimum atomic E-state index is -2.20. The molecule has 0 aromatic carbocycles. The molecule has 0 spiro atoms. The fraction of sp³-hybridized carbons (Fsp3) is 1.00. The lowest BCUT2D eigenvalue weighted by molar-refractivity contribution is 0.250. The zero-order valence-corrected chi connectivity index (χ0v) is 4.87. The van der Waals surface area contributed by atoms with Gasteiger partial charge in [0, 0.05) is 0 Å². The first-order valence-electron chi connectivity index (χ1n) is 1.68. The molecule has 0 aliphatic rings. The Labute approximate surface area is 37.6 Å². The van der Waals surface area contributed by atoms with Crippen molar-refractivity contribution in [3.05, 3.63) is 0 Å². The Balaban J connectivity index is 3.48. The van der Waals surface area contributed by atoms with Crippen molar-refractivity contribution in [1.82, 2.24) is 0 Å². The van der Waals surface area contributed by atoms with Gasteiger partial charge < -0.3 is 4.57 Å². The Morgan fingerprint density at radius 1 is 1.50 bits per heavy atom. The Bertz CT molecular complexity index is 72.9. The summed E-state index contributed by atoms with van der Waals surface area (Å²) < 4.78 is 10.3. The first-order chi connectivity index (χ1) is 2.56. The van der Waals surface area contributed by atoms with Crippen molar-refractivity contribution >= 4 is 7.14 Å². The summed E-state index contributed by atoms with van der Waals surface area (Å²) in [6.45, 7) is 2.97. The number of hydrogen-bond donors (Lipinski definition) is 0. The Kier molecular flexibility index (Phi) is 1.82. The molecular weight excluding hydrogens is 99.0 g/mol. The zero-order valence-electron chi connectivity index (χ0n) is 3.97. The molecule has 0 aromatic rings. The van der Waals surface area contributed by atoms with E-state index in [-0.39, 0.29) is 0 Å². The van der Waals surface area contributed by atoms with Crippen molar-refractivity contribution in [2.75, 3.05) is 19.7 Å². The topological polar surface area (TPSA) is 37.0 Å². The molecule has 0 aliphatic heterocycles. The molecule has 1 radical (unpaired) electrons. The highest BCUT2D eigenvalue weighted by molar-refractivity contribution is 7.62. The van der Waals surface area contributed by atoms with Crippen LogP contribution >= 0.6 is 7.14 Å². The standard InChI is InChI=1S/C3H8O2P/c1-6(2,5)3-4/h3H2,1-2H3. The van der Waals surface area contributed by atoms with Crippen molar-refractivity contribution in [2.45, 2.75) is 0 Å². The molecule has 0 amide bonds. The molecule has 0 saturated heterocycles. The molecular formula is C3H8O2P. The van der Waals surface area contributed by atoms with Crippen molar-refractivity contribution in [1.29, 1.82) is 0 Å². The molecule has 0 N–H and O–H groups in total. The maximum atomic E-state index is 10.3. The van der Waals surface area contributed by atoms with Crippen LogP contribution in [0.4, 0.5) is 0 Å². The third kappa shape index (κ3) is 4.19. The second-order valence-electron chi connectivity index (χ2n) is 1.70. The molecule has 0 atom stereocenters. The average Bonchev–Trinajstić information content (AvgIpc) is 1.35. The van der Waals surface area contributed by atoms with E-state index in [1.54, 1.807) is 0 Å². The summed E-state index contributed by atoms with van der Waals surface area (Å²) in [6, 6.07) is 0. The first kappa shape index (κ1) is 6.19. The van der Waals surface area contributed by atoms with E-state index < -0.39 is 13.5 Å². The second kappa shape index (κ2) is 1.76. The maximum Gasteiger partial charge on any atom is 0.135 e. The largest absolute Gasteiger partial charge is 0.322 e. The quantitative estimate of drug-likeness (QED) is 0.460. The number of rotatable bonds is 1. The Morgan fingerprint density at radius 2 is 1.67 bits per heavy atom. The van der Waals surface area contributed by atoms with E-state index >= 15 is 0 Å². The van der Waals surface area contributed by atoms with Crippen LogP contribution in [0.2, 0.25) is 0 Å². The van der Waals surface area contributed by atoms with Gasteiger partial charge in [-0.25, -0.2) is 5.11 Å². The van der Waals surface area contributed by atoms with Crippen LogP contribution < -0.4 is 0 Å². The van der Waals surface area contributed by atoms with Crippen molar-refractivity contribution < 1.29 is 9.67 Å². The third-order valence-corrected chi connectivity index (χ3v) is 0.933. The minimum Gasteiger partial charge on any atom is -0.322 e. The van der Waals surface area contributed by atoms with Gasteiger partial charge in [-0.2, -0.15) is 0 Å². The first-order valence-corrected chi connectivity index (χ1v) is 4.47. The molecule has 0 saturated carbocycles. The Morgan fingerprint density at radius 3 is 1.67 bits per heavy atom. The summed E-state index contributed by atoms with van der Waals surface area (Å²) in [5.74, 6) is 0. The molecule has 6 heavy (non-hydrogen) atoms. The Hall–Kier alpha value is 0.190. The molecule has 3 heteroatoms. The van der Waals surface area contributed by atoms with Crippen LogP contribution in [-0.4, -0.2) is 19.7 Å². The lowest BCUT2D eigenvalue weighted by atomic mass is 11.7. The van der Waals surface area contributed by atoms with Gasteiger partial charge in [0.15, 0.2) is 0 Å². The summed E-state index contributed by atoms with van der Waals surface area (Å²) in [4.78, 5) is 0. The van der Waals surface area contributed by atoms with Gasteiger partial charge in [-0.3, -0.25) is 0 Å². The van der Waals surface area contributed by atoms with E-state index in [0.29, 0.717) is 0 Å². The van der Waals surface area contributed by atoms with Crippen LogP contribution in [0.25, 0.3) is 0 Å². The lowest BCUT2D eigenvalue weighted by Gasteiger charge is -1.92. The predicted molar refractivity (Wildman–Crippen MR) is 25.0 cm³/mol. The van der Waals surface area contributed by atoms with Gasteiger partial charge in [0.25, 0.3) is 0 Å². The number of hydrogen-bond acceptors (Lipinski definition) is 1. The molecule has 0 aliphatic carbocycles. The van der Waals surface area contributed by atoms with Crippen molar-refractivity contribution in [2.24, 2.45) is 0 Å². The average molecular weight is 107 g/mol. The van der Waals surface area contributed by atoms with Crippen LogP contribution in [0, 0.1) is 0 Å². The highest BCUT2D eigenvalue weighted by Gasteiger charge is 2.01. The third-order valence-electron chi connectivity index (χ3n) is 0.311. The van der Waals surface area contributed by atoms with Crippen LogP contribution in [-0.2, 0) is 9.67 Å². The zero-order chi connectivity index (χ0) is 5.21. The van der Waals surface area contributed by atoms with E-state index in [2.05, 4.69) is 0 Å². The molecule has 0 bridgehead atoms. The monoisotopic (exact) mass is 107 g/mol. The highest BCUT2D eigenvalue weighted by Crippen LogP contribution is 2.33. The fourth-order valence-electron chi connectivity index (χ4n) is 0. The second-order valence-corrected chi connectivity index (χ2v) is 5.11. The van der Waals surface area contributed by atoms with E-state index in [9.17, 15) is 9.67 Å². The van der Waals surface area contributed by atoms with Crippen molar-refractivity contribution in [3.63, 3.8) is 0 Å². The predicted octanol–water partition coefficient (Wildman–Crippen LogP) is 0.997. The summed E-state index contributed by atoms with van der Waals surface area (Å²) >= 11 is 0. The van der Waals surface area contributed by atoms with Gasteiger partial charge >= 0.3 is 0 Å². The maximum absolute atomic E-state index is 10.3.